The van der Waals surface area contributed by atoms with Crippen LogP contribution in [0.25, 0.3) is 5.69 Å². The van der Waals surface area contributed by atoms with Gasteiger partial charge in [0.25, 0.3) is 0 Å². The van der Waals surface area contributed by atoms with E-state index in [1.54, 1.807) is 0 Å². The number of hydrogen-bond acceptors (Lipinski definition) is 2. The topological polar surface area (TPSA) is 27.1 Å². The maximum absolute atomic E-state index is 5.72. The molecule has 3 aromatic rings. The van der Waals surface area contributed by atoms with Crippen LogP contribution in [0.3, 0.4) is 0 Å². The second kappa shape index (κ2) is 5.92. The van der Waals surface area contributed by atoms with E-state index in [1.165, 1.54) is 0 Å². The quantitative estimate of drug-likeness (QED) is 0.717. The van der Waals surface area contributed by atoms with Crippen molar-refractivity contribution in [3.8, 4) is 11.4 Å². The fraction of sp³-hybridized carbons (Fsp3) is 0.0625. The van der Waals surface area contributed by atoms with Crippen molar-refractivity contribution in [2.45, 2.75) is 6.61 Å². The van der Waals surface area contributed by atoms with E-state index in [-0.39, 0.29) is 0 Å². The van der Waals surface area contributed by atoms with Crippen LogP contribution in [-0.2, 0) is 6.61 Å². The summed E-state index contributed by atoms with van der Waals surface area (Å²) in [4.78, 5) is 0. The van der Waals surface area contributed by atoms with Crippen molar-refractivity contribution in [1.29, 1.82) is 0 Å². The van der Waals surface area contributed by atoms with Crippen molar-refractivity contribution >= 4 is 15.9 Å². The third-order valence-corrected chi connectivity index (χ3v) is 3.34. The SMILES string of the molecule is Brc1cccc(OCc2ccn(-c3ccccc3)n2)c1. The number of benzene rings is 2. The standard InChI is InChI=1S/C16H13BrN2O/c17-13-5-4-8-16(11-13)20-12-14-9-10-19(18-14)15-6-2-1-3-7-15/h1-11H,12H2. The zero-order valence-electron chi connectivity index (χ0n) is 10.7. The van der Waals surface area contributed by atoms with E-state index < -0.39 is 0 Å². The van der Waals surface area contributed by atoms with E-state index in [1.807, 2.05) is 71.5 Å². The van der Waals surface area contributed by atoms with Crippen LogP contribution < -0.4 is 4.74 Å². The fourth-order valence-electron chi connectivity index (χ4n) is 1.88. The molecule has 1 heterocycles. The normalized spacial score (nSPS) is 10.4. The third kappa shape index (κ3) is 3.08. The molecule has 0 unspecified atom stereocenters. The van der Waals surface area contributed by atoms with Crippen LogP contribution >= 0.6 is 15.9 Å². The molecule has 0 bridgehead atoms. The van der Waals surface area contributed by atoms with Crippen molar-refractivity contribution in [1.82, 2.24) is 9.78 Å². The summed E-state index contributed by atoms with van der Waals surface area (Å²) in [6, 6.07) is 19.8. The molecule has 20 heavy (non-hydrogen) atoms. The fourth-order valence-corrected chi connectivity index (χ4v) is 2.26. The van der Waals surface area contributed by atoms with Crippen LogP contribution in [0.1, 0.15) is 5.69 Å². The molecule has 0 aliphatic carbocycles. The van der Waals surface area contributed by atoms with Gasteiger partial charge in [-0.05, 0) is 36.4 Å². The lowest BCUT2D eigenvalue weighted by Crippen LogP contribution is -1.99. The molecule has 0 atom stereocenters. The summed E-state index contributed by atoms with van der Waals surface area (Å²) in [6.07, 6.45) is 1.94. The van der Waals surface area contributed by atoms with Crippen molar-refractivity contribution in [2.75, 3.05) is 0 Å². The summed E-state index contributed by atoms with van der Waals surface area (Å²) in [5, 5.41) is 4.50. The maximum Gasteiger partial charge on any atom is 0.132 e. The van der Waals surface area contributed by atoms with E-state index in [0.717, 1.165) is 21.6 Å². The van der Waals surface area contributed by atoms with Crippen molar-refractivity contribution in [3.63, 3.8) is 0 Å². The molecule has 3 rings (SSSR count). The van der Waals surface area contributed by atoms with Gasteiger partial charge in [-0.2, -0.15) is 5.10 Å². The molecule has 0 saturated heterocycles. The highest BCUT2D eigenvalue weighted by Gasteiger charge is 2.02. The van der Waals surface area contributed by atoms with E-state index in [9.17, 15) is 0 Å². The van der Waals surface area contributed by atoms with Crippen LogP contribution in [0.5, 0.6) is 5.75 Å². The zero-order chi connectivity index (χ0) is 13.8. The molecule has 0 radical (unpaired) electrons. The number of halogens is 1. The first kappa shape index (κ1) is 12.9. The lowest BCUT2D eigenvalue weighted by molar-refractivity contribution is 0.300. The van der Waals surface area contributed by atoms with Crippen LogP contribution in [0, 0.1) is 0 Å². The molecule has 2 aromatic carbocycles. The molecule has 0 amide bonds. The molecule has 0 aliphatic heterocycles. The highest BCUT2D eigenvalue weighted by atomic mass is 79.9. The van der Waals surface area contributed by atoms with Crippen LogP contribution in [0.4, 0.5) is 0 Å². The molecule has 0 fully saturated rings. The van der Waals surface area contributed by atoms with Gasteiger partial charge in [-0.15, -0.1) is 0 Å². The Morgan fingerprint density at radius 2 is 1.85 bits per heavy atom. The van der Waals surface area contributed by atoms with E-state index in [4.69, 9.17) is 4.74 Å². The molecular formula is C16H13BrN2O. The Labute approximate surface area is 125 Å². The predicted molar refractivity (Wildman–Crippen MR) is 82.0 cm³/mol. The first-order valence-electron chi connectivity index (χ1n) is 6.29. The molecule has 3 nitrogen and oxygen atoms in total. The Balaban J connectivity index is 1.69. The number of ether oxygens (including phenoxy) is 1. The lowest BCUT2D eigenvalue weighted by atomic mass is 10.3. The minimum absolute atomic E-state index is 0.455. The first-order chi connectivity index (χ1) is 9.81. The zero-order valence-corrected chi connectivity index (χ0v) is 12.3. The monoisotopic (exact) mass is 328 g/mol. The van der Waals surface area contributed by atoms with Gasteiger partial charge in [0, 0.05) is 10.7 Å². The van der Waals surface area contributed by atoms with Gasteiger partial charge in [-0.1, -0.05) is 40.2 Å². The Morgan fingerprint density at radius 1 is 1.00 bits per heavy atom. The number of para-hydroxylation sites is 1. The highest BCUT2D eigenvalue weighted by molar-refractivity contribution is 9.10. The van der Waals surface area contributed by atoms with E-state index in [2.05, 4.69) is 21.0 Å². The van der Waals surface area contributed by atoms with Gasteiger partial charge in [0.1, 0.15) is 18.1 Å². The molecule has 0 spiro atoms. The Morgan fingerprint density at radius 3 is 2.65 bits per heavy atom. The summed E-state index contributed by atoms with van der Waals surface area (Å²) in [6.45, 7) is 0.455. The van der Waals surface area contributed by atoms with Gasteiger partial charge < -0.3 is 4.74 Å². The highest BCUT2D eigenvalue weighted by Crippen LogP contribution is 2.18. The number of hydrogen-bond donors (Lipinski definition) is 0. The molecule has 100 valence electrons. The molecule has 0 N–H and O–H groups in total. The summed E-state index contributed by atoms with van der Waals surface area (Å²) in [5.74, 6) is 0.827. The molecular weight excluding hydrogens is 316 g/mol. The van der Waals surface area contributed by atoms with Crippen molar-refractivity contribution in [2.24, 2.45) is 0 Å². The summed E-state index contributed by atoms with van der Waals surface area (Å²) in [7, 11) is 0. The average molecular weight is 329 g/mol. The lowest BCUT2D eigenvalue weighted by Gasteiger charge is -2.04. The van der Waals surface area contributed by atoms with Gasteiger partial charge in [0.05, 0.1) is 5.69 Å². The molecule has 0 aliphatic rings. The second-order valence-corrected chi connectivity index (χ2v) is 5.25. The first-order valence-corrected chi connectivity index (χ1v) is 7.09. The third-order valence-electron chi connectivity index (χ3n) is 2.85. The van der Waals surface area contributed by atoms with Crippen LogP contribution in [-0.4, -0.2) is 9.78 Å². The van der Waals surface area contributed by atoms with Crippen molar-refractivity contribution in [3.05, 3.63) is 77.0 Å². The Kier molecular flexibility index (Phi) is 3.83. The van der Waals surface area contributed by atoms with Crippen LogP contribution in [0.2, 0.25) is 0 Å². The molecule has 4 heteroatoms. The summed E-state index contributed by atoms with van der Waals surface area (Å²) in [5.41, 5.74) is 1.94. The van der Waals surface area contributed by atoms with Gasteiger partial charge in [0.2, 0.25) is 0 Å². The number of aromatic nitrogens is 2. The van der Waals surface area contributed by atoms with Gasteiger partial charge in [-0.3, -0.25) is 0 Å². The average Bonchev–Trinajstić information content (AvgIpc) is 2.95. The predicted octanol–water partition coefficient (Wildman–Crippen LogP) is 4.21. The van der Waals surface area contributed by atoms with Gasteiger partial charge in [0.15, 0.2) is 0 Å². The summed E-state index contributed by atoms with van der Waals surface area (Å²) < 4.78 is 8.57. The van der Waals surface area contributed by atoms with Crippen molar-refractivity contribution < 1.29 is 4.74 Å². The van der Waals surface area contributed by atoms with Gasteiger partial charge >= 0.3 is 0 Å². The van der Waals surface area contributed by atoms with Gasteiger partial charge in [-0.25, -0.2) is 4.68 Å². The van der Waals surface area contributed by atoms with E-state index in [0.29, 0.717) is 6.61 Å². The number of nitrogens with zero attached hydrogens (tertiary/aromatic N) is 2. The smallest absolute Gasteiger partial charge is 0.132 e. The minimum atomic E-state index is 0.455. The molecule has 1 aromatic heterocycles. The second-order valence-electron chi connectivity index (χ2n) is 4.33. The van der Waals surface area contributed by atoms with Crippen LogP contribution in [0.15, 0.2) is 71.3 Å². The Hall–Kier alpha value is -2.07. The van der Waals surface area contributed by atoms with E-state index >= 15 is 0 Å². The largest absolute Gasteiger partial charge is 0.487 e. The summed E-state index contributed by atoms with van der Waals surface area (Å²) >= 11 is 3.42. The molecule has 0 saturated carbocycles. The minimum Gasteiger partial charge on any atom is -0.487 e. The Bertz CT molecular complexity index is 694. The maximum atomic E-state index is 5.72. The number of rotatable bonds is 4.